The third kappa shape index (κ3) is 5.26. The lowest BCUT2D eigenvalue weighted by atomic mass is 10.1. The molecule has 0 aliphatic carbocycles. The number of aromatic nitrogens is 2. The largest absolute Gasteiger partial charge is 0.384 e. The zero-order valence-electron chi connectivity index (χ0n) is 14.3. The Morgan fingerprint density at radius 3 is 3.00 bits per heavy atom. The van der Waals surface area contributed by atoms with Crippen LogP contribution in [0, 0.1) is 0 Å². The average Bonchev–Trinajstić information content (AvgIpc) is 2.65. The van der Waals surface area contributed by atoms with Crippen molar-refractivity contribution in [2.45, 2.75) is 31.8 Å². The molecule has 1 aliphatic heterocycles. The van der Waals surface area contributed by atoms with Gasteiger partial charge in [0.15, 0.2) is 0 Å². The zero-order chi connectivity index (χ0) is 17.5. The third-order valence-electron chi connectivity index (χ3n) is 4.44. The van der Waals surface area contributed by atoms with E-state index < -0.39 is 0 Å². The van der Waals surface area contributed by atoms with E-state index in [2.05, 4.69) is 9.97 Å². The van der Waals surface area contributed by atoms with Crippen LogP contribution in [0.1, 0.15) is 24.0 Å². The summed E-state index contributed by atoms with van der Waals surface area (Å²) in [7, 11) is 0. The standard InChI is InChI=1S/C19H24N4O2/c20-18-12-15(7-9-22-18)3-5-17-14-23(10-11-25-17)19(24)6-4-16-2-1-8-21-13-16/h1-2,7-9,12-13,17H,3-6,10-11,14H2,(H2,20,22)/t17-/m1/s1. The molecular formula is C19H24N4O2. The molecule has 2 aromatic heterocycles. The van der Waals surface area contributed by atoms with Gasteiger partial charge in [-0.3, -0.25) is 9.78 Å². The minimum Gasteiger partial charge on any atom is -0.384 e. The van der Waals surface area contributed by atoms with Crippen molar-refractivity contribution >= 4 is 11.7 Å². The first kappa shape index (κ1) is 17.4. The molecule has 2 aromatic rings. The second-order valence-corrected chi connectivity index (χ2v) is 6.32. The van der Waals surface area contributed by atoms with Gasteiger partial charge in [0.1, 0.15) is 5.82 Å². The number of carbonyl (C=O) groups is 1. The van der Waals surface area contributed by atoms with E-state index in [1.54, 1.807) is 12.4 Å². The van der Waals surface area contributed by atoms with Crippen molar-refractivity contribution in [3.05, 3.63) is 54.0 Å². The smallest absolute Gasteiger partial charge is 0.223 e. The number of nitrogens with two attached hydrogens (primary N) is 1. The van der Waals surface area contributed by atoms with Crippen LogP contribution in [0.4, 0.5) is 5.82 Å². The van der Waals surface area contributed by atoms with Gasteiger partial charge in [0.2, 0.25) is 5.91 Å². The number of pyridine rings is 2. The first-order valence-electron chi connectivity index (χ1n) is 8.69. The second kappa shape index (κ2) is 8.58. The Labute approximate surface area is 148 Å². The maximum atomic E-state index is 12.5. The van der Waals surface area contributed by atoms with Gasteiger partial charge in [0.25, 0.3) is 0 Å². The summed E-state index contributed by atoms with van der Waals surface area (Å²) in [5.74, 6) is 0.722. The number of carbonyl (C=O) groups excluding carboxylic acids is 1. The lowest BCUT2D eigenvalue weighted by Gasteiger charge is -2.33. The number of anilines is 1. The summed E-state index contributed by atoms with van der Waals surface area (Å²) < 4.78 is 5.82. The fourth-order valence-electron chi connectivity index (χ4n) is 3.05. The van der Waals surface area contributed by atoms with Gasteiger partial charge in [-0.25, -0.2) is 4.98 Å². The quantitative estimate of drug-likeness (QED) is 0.868. The monoisotopic (exact) mass is 340 g/mol. The Balaban J connectivity index is 1.46. The molecule has 3 heterocycles. The summed E-state index contributed by atoms with van der Waals surface area (Å²) in [6, 6.07) is 7.76. The van der Waals surface area contributed by atoms with Gasteiger partial charge in [-0.1, -0.05) is 6.07 Å². The van der Waals surface area contributed by atoms with E-state index in [4.69, 9.17) is 10.5 Å². The van der Waals surface area contributed by atoms with Crippen molar-refractivity contribution in [3.8, 4) is 0 Å². The summed E-state index contributed by atoms with van der Waals surface area (Å²) in [5.41, 5.74) is 7.95. The van der Waals surface area contributed by atoms with Crippen LogP contribution in [0.5, 0.6) is 0 Å². The minimum absolute atomic E-state index is 0.0745. The van der Waals surface area contributed by atoms with Crippen LogP contribution in [-0.2, 0) is 22.4 Å². The van der Waals surface area contributed by atoms with Gasteiger partial charge in [0.05, 0.1) is 12.7 Å². The fraction of sp³-hybridized carbons (Fsp3) is 0.421. The molecule has 1 amide bonds. The predicted molar refractivity (Wildman–Crippen MR) is 95.8 cm³/mol. The highest BCUT2D eigenvalue weighted by Gasteiger charge is 2.23. The number of morpholine rings is 1. The number of amides is 1. The first-order chi connectivity index (χ1) is 12.2. The molecular weight excluding hydrogens is 316 g/mol. The van der Waals surface area contributed by atoms with Gasteiger partial charge >= 0.3 is 0 Å². The maximum absolute atomic E-state index is 12.5. The number of ether oxygens (including phenoxy) is 1. The summed E-state index contributed by atoms with van der Waals surface area (Å²) in [5, 5.41) is 0. The van der Waals surface area contributed by atoms with Crippen molar-refractivity contribution in [1.29, 1.82) is 0 Å². The van der Waals surface area contributed by atoms with Crippen LogP contribution < -0.4 is 5.73 Å². The molecule has 132 valence electrons. The van der Waals surface area contributed by atoms with Gasteiger partial charge in [-0.2, -0.15) is 0 Å². The van der Waals surface area contributed by atoms with Crippen LogP contribution in [0.3, 0.4) is 0 Å². The van der Waals surface area contributed by atoms with Crippen LogP contribution in [-0.4, -0.2) is 46.6 Å². The molecule has 1 saturated heterocycles. The Morgan fingerprint density at radius 2 is 2.20 bits per heavy atom. The van der Waals surface area contributed by atoms with Gasteiger partial charge < -0.3 is 15.4 Å². The van der Waals surface area contributed by atoms with Crippen molar-refractivity contribution in [2.75, 3.05) is 25.4 Å². The lowest BCUT2D eigenvalue weighted by Crippen LogP contribution is -2.45. The Bertz CT molecular complexity index is 693. The normalized spacial score (nSPS) is 17.4. The highest BCUT2D eigenvalue weighted by atomic mass is 16.5. The molecule has 25 heavy (non-hydrogen) atoms. The number of hydrogen-bond donors (Lipinski definition) is 1. The number of nitrogen functional groups attached to an aromatic ring is 1. The molecule has 0 aromatic carbocycles. The SMILES string of the molecule is Nc1cc(CC[C@@H]2CN(C(=O)CCc3cccnc3)CCO2)ccn1. The highest BCUT2D eigenvalue weighted by molar-refractivity contribution is 5.76. The minimum atomic E-state index is 0.0745. The van der Waals surface area contributed by atoms with E-state index in [1.165, 1.54) is 0 Å². The lowest BCUT2D eigenvalue weighted by molar-refractivity contribution is -0.138. The predicted octanol–water partition coefficient (Wildman–Crippen LogP) is 1.85. The van der Waals surface area contributed by atoms with E-state index in [0.717, 1.165) is 30.4 Å². The molecule has 0 saturated carbocycles. The van der Waals surface area contributed by atoms with E-state index in [-0.39, 0.29) is 12.0 Å². The summed E-state index contributed by atoms with van der Waals surface area (Å²) in [6.07, 6.45) is 8.34. The van der Waals surface area contributed by atoms with Crippen LogP contribution in [0.25, 0.3) is 0 Å². The van der Waals surface area contributed by atoms with Crippen LogP contribution in [0.15, 0.2) is 42.9 Å². The molecule has 0 spiro atoms. The number of rotatable bonds is 6. The van der Waals surface area contributed by atoms with Crippen molar-refractivity contribution in [1.82, 2.24) is 14.9 Å². The second-order valence-electron chi connectivity index (χ2n) is 6.32. The first-order valence-corrected chi connectivity index (χ1v) is 8.69. The van der Waals surface area contributed by atoms with E-state index in [0.29, 0.717) is 31.9 Å². The fourth-order valence-corrected chi connectivity index (χ4v) is 3.05. The van der Waals surface area contributed by atoms with E-state index >= 15 is 0 Å². The molecule has 2 N–H and O–H groups in total. The molecule has 0 radical (unpaired) electrons. The summed E-state index contributed by atoms with van der Waals surface area (Å²) in [4.78, 5) is 22.5. The van der Waals surface area contributed by atoms with E-state index in [1.807, 2.05) is 35.4 Å². The van der Waals surface area contributed by atoms with Crippen molar-refractivity contribution < 1.29 is 9.53 Å². The van der Waals surface area contributed by atoms with Crippen molar-refractivity contribution in [2.24, 2.45) is 0 Å². The van der Waals surface area contributed by atoms with E-state index in [9.17, 15) is 4.79 Å². The van der Waals surface area contributed by atoms with Crippen LogP contribution >= 0.6 is 0 Å². The molecule has 3 rings (SSSR count). The third-order valence-corrected chi connectivity index (χ3v) is 4.44. The summed E-state index contributed by atoms with van der Waals surface area (Å²) in [6.45, 7) is 1.93. The highest BCUT2D eigenvalue weighted by Crippen LogP contribution is 2.15. The molecule has 0 bridgehead atoms. The van der Waals surface area contributed by atoms with Crippen molar-refractivity contribution in [3.63, 3.8) is 0 Å². The van der Waals surface area contributed by atoms with Gasteiger partial charge in [0, 0.05) is 38.1 Å². The maximum Gasteiger partial charge on any atom is 0.223 e. The number of aryl methyl sites for hydroxylation is 2. The average molecular weight is 340 g/mol. The molecule has 1 atom stereocenters. The molecule has 0 unspecified atom stereocenters. The molecule has 1 aliphatic rings. The van der Waals surface area contributed by atoms with Gasteiger partial charge in [-0.15, -0.1) is 0 Å². The van der Waals surface area contributed by atoms with Gasteiger partial charge in [-0.05, 0) is 48.6 Å². The Hall–Kier alpha value is -2.47. The van der Waals surface area contributed by atoms with Crippen LogP contribution in [0.2, 0.25) is 0 Å². The summed E-state index contributed by atoms with van der Waals surface area (Å²) >= 11 is 0. The zero-order valence-corrected chi connectivity index (χ0v) is 14.3. The Morgan fingerprint density at radius 1 is 1.28 bits per heavy atom. The number of hydrogen-bond acceptors (Lipinski definition) is 5. The number of nitrogens with zero attached hydrogens (tertiary/aromatic N) is 3. The Kier molecular flexibility index (Phi) is 5.95. The topological polar surface area (TPSA) is 81.3 Å². The molecule has 1 fully saturated rings. The molecule has 6 heteroatoms. The molecule has 6 nitrogen and oxygen atoms in total.